The quantitative estimate of drug-likeness (QED) is 0.260. The smallest absolute Gasteiger partial charge is 0.439 e. The molecule has 29 heavy (non-hydrogen) atoms. The van der Waals surface area contributed by atoms with Crippen molar-refractivity contribution in [3.8, 4) is 0 Å². The lowest BCUT2D eigenvalue weighted by molar-refractivity contribution is -0.126. The standard InChI is InChI=1S/C15H26BN5O7P/c1-10-8-25-29(16,24)26-9-11(28-15(23)19-6-3-2-5-17)13(27-10)21-7-4-12(18)20-14(21)22/h4,7,10-11,13,24H,2-3,5-6,8-9,17H2,1H3,(H,19,23)(H2,18,20,22)/q+1/t10-,11-,13+,29?/m0/s1. The molecule has 1 saturated heterocycles. The van der Waals surface area contributed by atoms with E-state index in [1.165, 1.54) is 12.3 Å². The third-order valence-corrected chi connectivity index (χ3v) is 4.93. The zero-order valence-corrected chi connectivity index (χ0v) is 17.0. The Morgan fingerprint density at radius 1 is 1.48 bits per heavy atom. The summed E-state index contributed by atoms with van der Waals surface area (Å²) in [7, 11) is 1.97. The van der Waals surface area contributed by atoms with Crippen molar-refractivity contribution in [2.75, 3.05) is 32.0 Å². The monoisotopic (exact) mass is 430 g/mol. The lowest BCUT2D eigenvalue weighted by atomic mass is 10.3. The number of nitrogens with one attached hydrogen (secondary N) is 1. The van der Waals surface area contributed by atoms with Gasteiger partial charge in [0.15, 0.2) is 12.3 Å². The summed E-state index contributed by atoms with van der Waals surface area (Å²) in [6.07, 6.45) is -0.876. The summed E-state index contributed by atoms with van der Waals surface area (Å²) >= 11 is 0. The Balaban J connectivity index is 2.24. The topological polar surface area (TPSA) is 173 Å². The molecular weight excluding hydrogens is 404 g/mol. The molecule has 0 spiro atoms. The summed E-state index contributed by atoms with van der Waals surface area (Å²) in [6.45, 7) is 2.01. The van der Waals surface area contributed by atoms with Crippen molar-refractivity contribution in [3.63, 3.8) is 0 Å². The molecule has 1 amide bonds. The Kier molecular flexibility index (Phi) is 8.81. The van der Waals surface area contributed by atoms with E-state index in [9.17, 15) is 14.5 Å². The Labute approximate surface area is 169 Å². The number of carbonyl (C=O) groups excluding carboxylic acids is 1. The number of anilines is 1. The zero-order valence-electron chi connectivity index (χ0n) is 16.1. The largest absolute Gasteiger partial charge is 0.488 e. The maximum atomic E-state index is 12.3. The number of unbranched alkanes of at least 4 members (excludes halogenated alkanes) is 1. The maximum Gasteiger partial charge on any atom is 0.488 e. The number of nitrogens with zero attached hydrogens (tertiary/aromatic N) is 2. The molecule has 2 heterocycles. The van der Waals surface area contributed by atoms with Gasteiger partial charge < -0.3 is 26.3 Å². The Bertz CT molecular complexity index is 737. The van der Waals surface area contributed by atoms with Gasteiger partial charge in [-0.25, -0.2) is 14.5 Å². The summed E-state index contributed by atoms with van der Waals surface area (Å²) in [5, 5.41) is 2.58. The number of hydrogen-bond acceptors (Lipinski definition) is 10. The van der Waals surface area contributed by atoms with E-state index < -0.39 is 38.0 Å². The Morgan fingerprint density at radius 2 is 2.21 bits per heavy atom. The number of amides is 1. The lowest BCUT2D eigenvalue weighted by Crippen LogP contribution is -2.43. The third kappa shape index (κ3) is 7.54. The van der Waals surface area contributed by atoms with Crippen LogP contribution < -0.4 is 22.5 Å². The molecule has 2 rings (SSSR count). The molecule has 2 radical (unpaired) electrons. The predicted octanol–water partition coefficient (Wildman–Crippen LogP) is -0.552. The van der Waals surface area contributed by atoms with Crippen LogP contribution in [0.1, 0.15) is 26.0 Å². The number of alkyl carbamates (subject to hydrolysis) is 1. The molecule has 0 aromatic carbocycles. The van der Waals surface area contributed by atoms with E-state index in [0.29, 0.717) is 19.5 Å². The van der Waals surface area contributed by atoms with Crippen LogP contribution >= 0.6 is 7.82 Å². The first kappa shape index (κ1) is 23.5. The number of ether oxygens (including phenoxy) is 2. The van der Waals surface area contributed by atoms with Gasteiger partial charge in [-0.3, -0.25) is 4.57 Å². The first-order valence-corrected chi connectivity index (χ1v) is 10.7. The highest BCUT2D eigenvalue weighted by Crippen LogP contribution is 2.52. The second kappa shape index (κ2) is 10.9. The van der Waals surface area contributed by atoms with Crippen molar-refractivity contribution >= 4 is 27.3 Å². The van der Waals surface area contributed by atoms with Gasteiger partial charge in [0.25, 0.3) is 0 Å². The molecule has 1 aliphatic rings. The minimum Gasteiger partial charge on any atom is -0.439 e. The van der Waals surface area contributed by atoms with E-state index in [2.05, 4.69) is 10.3 Å². The fraction of sp³-hybridized carbons (Fsp3) is 0.667. The predicted molar refractivity (Wildman–Crippen MR) is 106 cm³/mol. The van der Waals surface area contributed by atoms with Crippen LogP contribution in [0.3, 0.4) is 0 Å². The molecule has 1 aromatic rings. The van der Waals surface area contributed by atoms with Gasteiger partial charge in [0.05, 0.1) is 6.10 Å². The molecule has 4 atom stereocenters. The number of carbonyl (C=O) groups is 1. The molecular formula is C15H26BN5O7P+. The van der Waals surface area contributed by atoms with Crippen LogP contribution in [0.2, 0.25) is 0 Å². The molecule has 1 aliphatic heterocycles. The van der Waals surface area contributed by atoms with E-state index >= 15 is 0 Å². The van der Waals surface area contributed by atoms with Crippen molar-refractivity contribution in [3.05, 3.63) is 22.7 Å². The Morgan fingerprint density at radius 3 is 2.90 bits per heavy atom. The van der Waals surface area contributed by atoms with Crippen LogP contribution in [0.4, 0.5) is 10.6 Å². The van der Waals surface area contributed by atoms with Gasteiger partial charge in [-0.1, -0.05) is 0 Å². The Hall–Kier alpha value is -1.76. The highest BCUT2D eigenvalue weighted by atomic mass is 31.2. The molecule has 1 fully saturated rings. The second-order valence-electron chi connectivity index (χ2n) is 6.40. The average molecular weight is 430 g/mol. The minimum absolute atomic E-state index is 0.0272. The van der Waals surface area contributed by atoms with Gasteiger partial charge >= 0.3 is 27.2 Å². The van der Waals surface area contributed by atoms with Crippen LogP contribution in [0.5, 0.6) is 0 Å². The van der Waals surface area contributed by atoms with E-state index in [1.54, 1.807) is 6.92 Å². The van der Waals surface area contributed by atoms with Crippen LogP contribution in [0, 0.1) is 0 Å². The van der Waals surface area contributed by atoms with Crippen molar-refractivity contribution in [2.24, 2.45) is 5.73 Å². The highest BCUT2D eigenvalue weighted by molar-refractivity contribution is 7.85. The van der Waals surface area contributed by atoms with Gasteiger partial charge in [-0.2, -0.15) is 14.0 Å². The number of nitrogens with two attached hydrogens (primary N) is 2. The second-order valence-corrected chi connectivity index (χ2v) is 8.05. The number of rotatable bonds is 6. The minimum atomic E-state index is -3.65. The molecule has 12 nitrogen and oxygen atoms in total. The van der Waals surface area contributed by atoms with Crippen LogP contribution in [0.25, 0.3) is 0 Å². The molecule has 0 aliphatic carbocycles. The third-order valence-electron chi connectivity index (χ3n) is 3.89. The van der Waals surface area contributed by atoms with Crippen molar-refractivity contribution in [1.82, 2.24) is 14.9 Å². The van der Waals surface area contributed by atoms with E-state index in [1.807, 2.05) is 0 Å². The summed E-state index contributed by atoms with van der Waals surface area (Å²) in [5.74, 6) is 0.0272. The van der Waals surface area contributed by atoms with Crippen LogP contribution in [-0.2, 0) is 18.5 Å². The number of nitrogen functional groups attached to an aromatic ring is 1. The highest BCUT2D eigenvalue weighted by Gasteiger charge is 2.41. The average Bonchev–Trinajstić information content (AvgIpc) is 2.70. The first-order valence-electron chi connectivity index (χ1n) is 9.06. The summed E-state index contributed by atoms with van der Waals surface area (Å²) in [6, 6.07) is 1.40. The maximum absolute atomic E-state index is 12.3. The molecule has 0 bridgehead atoms. The van der Waals surface area contributed by atoms with Gasteiger partial charge in [0, 0.05) is 12.7 Å². The fourth-order valence-electron chi connectivity index (χ4n) is 2.47. The summed E-state index contributed by atoms with van der Waals surface area (Å²) in [4.78, 5) is 38.2. The van der Waals surface area contributed by atoms with Gasteiger partial charge in [0.1, 0.15) is 19.0 Å². The first-order chi connectivity index (χ1) is 13.7. The van der Waals surface area contributed by atoms with Crippen molar-refractivity contribution < 1.29 is 28.2 Å². The fourth-order valence-corrected chi connectivity index (χ4v) is 3.33. The lowest BCUT2D eigenvalue weighted by Gasteiger charge is -2.28. The van der Waals surface area contributed by atoms with E-state index in [4.69, 9.17) is 37.6 Å². The molecule has 1 unspecified atom stereocenters. The van der Waals surface area contributed by atoms with Gasteiger partial charge in [-0.15, -0.1) is 0 Å². The molecule has 160 valence electrons. The number of aromatic nitrogens is 2. The van der Waals surface area contributed by atoms with E-state index in [0.717, 1.165) is 11.0 Å². The van der Waals surface area contributed by atoms with E-state index in [-0.39, 0.29) is 19.0 Å². The van der Waals surface area contributed by atoms with Crippen LogP contribution in [0.15, 0.2) is 17.1 Å². The molecule has 6 N–H and O–H groups in total. The summed E-state index contributed by atoms with van der Waals surface area (Å²) in [5.41, 5.74) is 10.2. The number of hydrogen-bond donors (Lipinski definition) is 4. The SMILES string of the molecule is [B][P+]1(O)OC[C@H](OC(=O)NCCCCN)[C@H](n2ccc(N)nc2=O)O[C@@H](C)CO1. The van der Waals surface area contributed by atoms with Gasteiger partial charge in [0.2, 0.25) is 0 Å². The molecule has 1 aromatic heterocycles. The van der Waals surface area contributed by atoms with Crippen LogP contribution in [-0.4, -0.2) is 66.6 Å². The van der Waals surface area contributed by atoms with Crippen molar-refractivity contribution in [1.29, 1.82) is 0 Å². The zero-order chi connectivity index (χ0) is 21.4. The normalized spacial score (nSPS) is 28.0. The molecule has 14 heteroatoms. The summed E-state index contributed by atoms with van der Waals surface area (Å²) < 4.78 is 22.7. The van der Waals surface area contributed by atoms with Gasteiger partial charge in [-0.05, 0) is 32.4 Å². The van der Waals surface area contributed by atoms with Crippen molar-refractivity contribution in [2.45, 2.75) is 38.2 Å². The molecule has 0 saturated carbocycles.